The van der Waals surface area contributed by atoms with Crippen LogP contribution in [0, 0.1) is 0 Å². The van der Waals surface area contributed by atoms with Crippen molar-refractivity contribution in [2.24, 2.45) is 0 Å². The molecule has 0 bridgehead atoms. The van der Waals surface area contributed by atoms with Crippen molar-refractivity contribution < 1.29 is 19.1 Å². The number of nitrogens with zero attached hydrogens (tertiary/aromatic N) is 2. The van der Waals surface area contributed by atoms with E-state index in [1.807, 2.05) is 24.3 Å². The summed E-state index contributed by atoms with van der Waals surface area (Å²) >= 11 is 0. The smallest absolute Gasteiger partial charge is 0.359 e. The average Bonchev–Trinajstić information content (AvgIpc) is 2.58. The first kappa shape index (κ1) is 15.4. The van der Waals surface area contributed by atoms with Crippen LogP contribution in [0.15, 0.2) is 42.9 Å². The molecule has 0 saturated heterocycles. The summed E-state index contributed by atoms with van der Waals surface area (Å²) in [6.07, 6.45) is 4.09. The van der Waals surface area contributed by atoms with Gasteiger partial charge >= 0.3 is 5.97 Å². The minimum atomic E-state index is -0.690. The SMILES string of the molecule is COc1cccc(CNC(=O)COC(=O)c2cnccn2)c1. The zero-order valence-corrected chi connectivity index (χ0v) is 12.0. The van der Waals surface area contributed by atoms with E-state index in [0.29, 0.717) is 12.3 Å². The molecule has 114 valence electrons. The van der Waals surface area contributed by atoms with E-state index in [2.05, 4.69) is 15.3 Å². The van der Waals surface area contributed by atoms with Gasteiger partial charge in [-0.2, -0.15) is 0 Å². The first-order valence-electron chi connectivity index (χ1n) is 6.52. The van der Waals surface area contributed by atoms with Gasteiger partial charge in [-0.05, 0) is 17.7 Å². The third-order valence-corrected chi connectivity index (χ3v) is 2.73. The Labute approximate surface area is 127 Å². The molecule has 2 rings (SSSR count). The molecule has 1 heterocycles. The first-order valence-corrected chi connectivity index (χ1v) is 6.52. The van der Waals surface area contributed by atoms with Gasteiger partial charge < -0.3 is 14.8 Å². The van der Waals surface area contributed by atoms with E-state index in [1.54, 1.807) is 7.11 Å². The zero-order valence-electron chi connectivity index (χ0n) is 12.0. The lowest BCUT2D eigenvalue weighted by Gasteiger charge is -2.07. The van der Waals surface area contributed by atoms with Crippen molar-refractivity contribution >= 4 is 11.9 Å². The fourth-order valence-electron chi connectivity index (χ4n) is 1.64. The fourth-order valence-corrected chi connectivity index (χ4v) is 1.64. The van der Waals surface area contributed by atoms with E-state index >= 15 is 0 Å². The zero-order chi connectivity index (χ0) is 15.8. The van der Waals surface area contributed by atoms with Crippen LogP contribution in [0.1, 0.15) is 16.1 Å². The van der Waals surface area contributed by atoms with Gasteiger partial charge in [0.1, 0.15) is 5.75 Å². The first-order chi connectivity index (χ1) is 10.7. The number of aromatic nitrogens is 2. The Balaban J connectivity index is 1.77. The van der Waals surface area contributed by atoms with Crippen LogP contribution in [0.4, 0.5) is 0 Å². The number of esters is 1. The number of nitrogens with one attached hydrogen (secondary N) is 1. The number of hydrogen-bond acceptors (Lipinski definition) is 6. The summed E-state index contributed by atoms with van der Waals surface area (Å²) in [4.78, 5) is 30.8. The summed E-state index contributed by atoms with van der Waals surface area (Å²) in [5, 5.41) is 2.65. The largest absolute Gasteiger partial charge is 0.497 e. The molecule has 22 heavy (non-hydrogen) atoms. The van der Waals surface area contributed by atoms with Gasteiger partial charge in [0.25, 0.3) is 5.91 Å². The molecule has 7 nitrogen and oxygen atoms in total. The van der Waals surface area contributed by atoms with E-state index in [1.165, 1.54) is 18.6 Å². The highest BCUT2D eigenvalue weighted by molar-refractivity contribution is 5.89. The van der Waals surface area contributed by atoms with E-state index in [4.69, 9.17) is 9.47 Å². The molecule has 2 aromatic rings. The minimum absolute atomic E-state index is 0.0584. The van der Waals surface area contributed by atoms with Crippen molar-refractivity contribution in [1.82, 2.24) is 15.3 Å². The topological polar surface area (TPSA) is 90.4 Å². The number of amides is 1. The van der Waals surface area contributed by atoms with E-state index in [0.717, 1.165) is 5.56 Å². The maximum Gasteiger partial charge on any atom is 0.359 e. The Morgan fingerprint density at radius 1 is 1.27 bits per heavy atom. The summed E-state index contributed by atoms with van der Waals surface area (Å²) in [6.45, 7) is -0.0574. The van der Waals surface area contributed by atoms with Gasteiger partial charge in [-0.25, -0.2) is 9.78 Å². The maximum absolute atomic E-state index is 11.7. The van der Waals surface area contributed by atoms with Gasteiger partial charge in [-0.3, -0.25) is 9.78 Å². The lowest BCUT2D eigenvalue weighted by Crippen LogP contribution is -2.28. The molecule has 0 radical (unpaired) electrons. The number of rotatable bonds is 6. The standard InChI is InChI=1S/C15H15N3O4/c1-21-12-4-2-3-11(7-12)8-18-14(19)10-22-15(20)13-9-16-5-6-17-13/h2-7,9H,8,10H2,1H3,(H,18,19). The summed E-state index contributed by atoms with van der Waals surface area (Å²) in [5.74, 6) is -0.384. The third-order valence-electron chi connectivity index (χ3n) is 2.73. The second-order valence-corrected chi connectivity index (χ2v) is 4.30. The van der Waals surface area contributed by atoms with Crippen molar-refractivity contribution in [1.29, 1.82) is 0 Å². The summed E-state index contributed by atoms with van der Waals surface area (Å²) < 4.78 is 9.94. The number of ether oxygens (including phenoxy) is 2. The van der Waals surface area contributed by atoms with Crippen LogP contribution in [-0.2, 0) is 16.1 Å². The summed E-state index contributed by atoms with van der Waals surface area (Å²) in [5.41, 5.74) is 0.941. The van der Waals surface area contributed by atoms with E-state index in [-0.39, 0.29) is 12.3 Å². The number of carbonyl (C=O) groups is 2. The Kier molecular flexibility index (Phi) is 5.42. The predicted octanol–water partition coefficient (Wildman–Crippen LogP) is 0.958. The Bertz CT molecular complexity index is 646. The van der Waals surface area contributed by atoms with Crippen LogP contribution >= 0.6 is 0 Å². The van der Waals surface area contributed by atoms with Crippen molar-refractivity contribution in [2.45, 2.75) is 6.54 Å². The lowest BCUT2D eigenvalue weighted by molar-refractivity contribution is -0.124. The highest BCUT2D eigenvalue weighted by atomic mass is 16.5. The average molecular weight is 301 g/mol. The molecule has 7 heteroatoms. The molecular weight excluding hydrogens is 286 g/mol. The third kappa shape index (κ3) is 4.55. The molecule has 0 aliphatic rings. The molecule has 1 aromatic heterocycles. The fraction of sp³-hybridized carbons (Fsp3) is 0.200. The second-order valence-electron chi connectivity index (χ2n) is 4.30. The highest BCUT2D eigenvalue weighted by Gasteiger charge is 2.11. The van der Waals surface area contributed by atoms with Crippen molar-refractivity contribution in [3.8, 4) is 5.75 Å². The molecule has 0 fully saturated rings. The molecular formula is C15H15N3O4. The predicted molar refractivity (Wildman–Crippen MR) is 77.2 cm³/mol. The molecule has 1 amide bonds. The van der Waals surface area contributed by atoms with Crippen LogP contribution in [-0.4, -0.2) is 35.6 Å². The number of carbonyl (C=O) groups excluding carboxylic acids is 2. The van der Waals surface area contributed by atoms with Crippen molar-refractivity contribution in [3.63, 3.8) is 0 Å². The van der Waals surface area contributed by atoms with Crippen LogP contribution in [0.5, 0.6) is 5.75 Å². The lowest BCUT2D eigenvalue weighted by atomic mass is 10.2. The monoisotopic (exact) mass is 301 g/mol. The Morgan fingerprint density at radius 2 is 2.14 bits per heavy atom. The van der Waals surface area contributed by atoms with Gasteiger partial charge in [0.05, 0.1) is 13.3 Å². The molecule has 0 saturated carbocycles. The van der Waals surface area contributed by atoms with Gasteiger partial charge in [0.15, 0.2) is 12.3 Å². The molecule has 0 aliphatic heterocycles. The number of methoxy groups -OCH3 is 1. The van der Waals surface area contributed by atoms with Crippen LogP contribution in [0.25, 0.3) is 0 Å². The summed E-state index contributed by atoms with van der Waals surface area (Å²) in [7, 11) is 1.57. The molecule has 0 unspecified atom stereocenters. The molecule has 1 N–H and O–H groups in total. The highest BCUT2D eigenvalue weighted by Crippen LogP contribution is 2.12. The van der Waals surface area contributed by atoms with Crippen LogP contribution in [0.3, 0.4) is 0 Å². The Morgan fingerprint density at radius 3 is 2.86 bits per heavy atom. The van der Waals surface area contributed by atoms with Gasteiger partial charge in [-0.1, -0.05) is 12.1 Å². The maximum atomic E-state index is 11.7. The van der Waals surface area contributed by atoms with Gasteiger partial charge in [0.2, 0.25) is 0 Å². The quantitative estimate of drug-likeness (QED) is 0.799. The molecule has 0 atom stereocenters. The number of benzene rings is 1. The van der Waals surface area contributed by atoms with Crippen molar-refractivity contribution in [2.75, 3.05) is 13.7 Å². The van der Waals surface area contributed by atoms with E-state index < -0.39 is 11.9 Å². The second kappa shape index (κ2) is 7.72. The minimum Gasteiger partial charge on any atom is -0.497 e. The summed E-state index contributed by atoms with van der Waals surface area (Å²) in [6, 6.07) is 7.31. The molecule has 1 aromatic carbocycles. The molecule has 0 aliphatic carbocycles. The van der Waals surface area contributed by atoms with Crippen molar-refractivity contribution in [3.05, 3.63) is 54.1 Å². The van der Waals surface area contributed by atoms with Gasteiger partial charge in [0, 0.05) is 18.9 Å². The van der Waals surface area contributed by atoms with Crippen LogP contribution < -0.4 is 10.1 Å². The molecule has 0 spiro atoms. The number of hydrogen-bond donors (Lipinski definition) is 1. The van der Waals surface area contributed by atoms with Gasteiger partial charge in [-0.15, -0.1) is 0 Å². The normalized spacial score (nSPS) is 9.86. The van der Waals surface area contributed by atoms with Crippen LogP contribution in [0.2, 0.25) is 0 Å². The van der Waals surface area contributed by atoms with E-state index in [9.17, 15) is 9.59 Å². The Hall–Kier alpha value is -2.96.